The summed E-state index contributed by atoms with van der Waals surface area (Å²) in [6.45, 7) is 4.21. The molecule has 1 heterocycles. The van der Waals surface area contributed by atoms with Crippen molar-refractivity contribution in [3.8, 4) is 11.8 Å². The molecule has 2 N–H and O–H groups in total. The number of hydrogen-bond acceptors (Lipinski definition) is 4. The van der Waals surface area contributed by atoms with E-state index in [9.17, 15) is 8.42 Å². The van der Waals surface area contributed by atoms with Crippen LogP contribution in [-0.4, -0.2) is 31.7 Å². The van der Waals surface area contributed by atoms with Crippen molar-refractivity contribution >= 4 is 10.0 Å². The average Bonchev–Trinajstić information content (AvgIpc) is 2.37. The van der Waals surface area contributed by atoms with Gasteiger partial charge in [0, 0.05) is 30.9 Å². The number of sulfonamides is 1. The molecule has 1 aromatic heterocycles. The van der Waals surface area contributed by atoms with E-state index in [1.165, 1.54) is 18.5 Å². The Hall–Kier alpha value is -1.42. The zero-order valence-electron chi connectivity index (χ0n) is 11.0. The molecular formula is C13H18N2O3S. The highest BCUT2D eigenvalue weighted by Crippen LogP contribution is 2.09. The largest absolute Gasteiger partial charge is 0.395 e. The van der Waals surface area contributed by atoms with Gasteiger partial charge in [-0.1, -0.05) is 25.7 Å². The number of nitrogens with zero attached hydrogens (tertiary/aromatic N) is 1. The van der Waals surface area contributed by atoms with Crippen LogP contribution in [-0.2, 0) is 10.0 Å². The Balaban J connectivity index is 2.90. The van der Waals surface area contributed by atoms with Gasteiger partial charge in [0.15, 0.2) is 0 Å². The van der Waals surface area contributed by atoms with E-state index in [2.05, 4.69) is 21.5 Å². The maximum Gasteiger partial charge on any atom is 0.242 e. The molecule has 6 heteroatoms. The molecule has 0 unspecified atom stereocenters. The Bertz CT molecular complexity index is 571. The number of nitrogens with one attached hydrogen (secondary N) is 1. The Morgan fingerprint density at radius 1 is 1.42 bits per heavy atom. The topological polar surface area (TPSA) is 79.3 Å². The Morgan fingerprint density at radius 3 is 2.79 bits per heavy atom. The molecular weight excluding hydrogens is 264 g/mol. The fraction of sp³-hybridized carbons (Fsp3) is 0.462. The summed E-state index contributed by atoms with van der Waals surface area (Å²) >= 11 is 0. The second-order valence-electron chi connectivity index (χ2n) is 4.43. The van der Waals surface area contributed by atoms with Crippen LogP contribution in [0.5, 0.6) is 0 Å². The van der Waals surface area contributed by atoms with E-state index in [1.807, 2.05) is 13.8 Å². The van der Waals surface area contributed by atoms with E-state index in [1.54, 1.807) is 0 Å². The summed E-state index contributed by atoms with van der Waals surface area (Å²) in [4.78, 5) is 3.97. The third-order valence-corrected chi connectivity index (χ3v) is 3.57. The summed E-state index contributed by atoms with van der Waals surface area (Å²) in [6.07, 6.45) is 3.13. The van der Waals surface area contributed by atoms with E-state index < -0.39 is 10.0 Å². The zero-order valence-corrected chi connectivity index (χ0v) is 11.9. The van der Waals surface area contributed by atoms with Gasteiger partial charge in [-0.15, -0.1) is 0 Å². The summed E-state index contributed by atoms with van der Waals surface area (Å²) in [7, 11) is -3.54. The molecule has 0 radical (unpaired) electrons. The second-order valence-corrected chi connectivity index (χ2v) is 6.20. The first-order valence-corrected chi connectivity index (χ1v) is 7.48. The highest BCUT2D eigenvalue weighted by atomic mass is 32.2. The molecule has 0 aliphatic heterocycles. The fourth-order valence-electron chi connectivity index (χ4n) is 1.21. The molecule has 0 saturated carbocycles. The van der Waals surface area contributed by atoms with Crippen molar-refractivity contribution in [2.45, 2.75) is 25.2 Å². The van der Waals surface area contributed by atoms with Gasteiger partial charge in [0.25, 0.3) is 0 Å². The zero-order chi connectivity index (χ0) is 14.3. The predicted molar refractivity (Wildman–Crippen MR) is 72.8 cm³/mol. The van der Waals surface area contributed by atoms with Gasteiger partial charge in [0.2, 0.25) is 10.0 Å². The van der Waals surface area contributed by atoms with Crippen molar-refractivity contribution in [1.29, 1.82) is 0 Å². The van der Waals surface area contributed by atoms with Crippen molar-refractivity contribution in [3.63, 3.8) is 0 Å². The quantitative estimate of drug-likeness (QED) is 0.781. The van der Waals surface area contributed by atoms with E-state index in [0.29, 0.717) is 18.5 Å². The molecule has 0 bridgehead atoms. The molecule has 0 atom stereocenters. The van der Waals surface area contributed by atoms with Crippen LogP contribution in [0, 0.1) is 17.8 Å². The van der Waals surface area contributed by atoms with Gasteiger partial charge in [0.1, 0.15) is 4.90 Å². The Labute approximate surface area is 114 Å². The van der Waals surface area contributed by atoms with Crippen LogP contribution in [0.3, 0.4) is 0 Å². The Kier molecular flexibility index (Phi) is 5.96. The highest BCUT2D eigenvalue weighted by molar-refractivity contribution is 7.89. The standard InChI is InChI=1S/C13H18N2O3S/c1-11(2)8-15-19(17,18)13-7-12(9-14-10-13)5-3-4-6-16/h7,9-11,15-16H,4,6,8H2,1-2H3. The van der Waals surface area contributed by atoms with E-state index in [4.69, 9.17) is 5.11 Å². The lowest BCUT2D eigenvalue weighted by molar-refractivity contribution is 0.305. The molecule has 5 nitrogen and oxygen atoms in total. The normalized spacial score (nSPS) is 11.2. The molecule has 0 amide bonds. The number of rotatable bonds is 5. The number of aliphatic hydroxyl groups excluding tert-OH is 1. The third-order valence-electron chi connectivity index (χ3n) is 2.17. The lowest BCUT2D eigenvalue weighted by Gasteiger charge is -2.08. The molecule has 1 aromatic rings. The van der Waals surface area contributed by atoms with Gasteiger partial charge < -0.3 is 5.11 Å². The van der Waals surface area contributed by atoms with Crippen molar-refractivity contribution in [2.75, 3.05) is 13.2 Å². The van der Waals surface area contributed by atoms with Crippen LogP contribution < -0.4 is 4.72 Å². The minimum atomic E-state index is -3.54. The summed E-state index contributed by atoms with van der Waals surface area (Å²) in [6, 6.07) is 1.47. The molecule has 0 fully saturated rings. The molecule has 0 spiro atoms. The van der Waals surface area contributed by atoms with Gasteiger partial charge >= 0.3 is 0 Å². The van der Waals surface area contributed by atoms with Gasteiger partial charge in [-0.05, 0) is 12.0 Å². The number of hydrogen-bond donors (Lipinski definition) is 2. The maximum atomic E-state index is 12.0. The van der Waals surface area contributed by atoms with E-state index >= 15 is 0 Å². The van der Waals surface area contributed by atoms with Crippen molar-refractivity contribution < 1.29 is 13.5 Å². The van der Waals surface area contributed by atoms with Crippen LogP contribution in [0.1, 0.15) is 25.8 Å². The molecule has 0 aliphatic rings. The SMILES string of the molecule is CC(C)CNS(=O)(=O)c1cncc(C#CCCO)c1. The van der Waals surface area contributed by atoms with Crippen LogP contribution in [0.2, 0.25) is 0 Å². The first-order valence-electron chi connectivity index (χ1n) is 6.00. The minimum absolute atomic E-state index is 0.0195. The van der Waals surface area contributed by atoms with Gasteiger partial charge in [-0.2, -0.15) is 0 Å². The van der Waals surface area contributed by atoms with Crippen molar-refractivity contribution in [3.05, 3.63) is 24.0 Å². The lowest BCUT2D eigenvalue weighted by Crippen LogP contribution is -2.27. The van der Waals surface area contributed by atoms with Crippen molar-refractivity contribution in [1.82, 2.24) is 9.71 Å². The first-order chi connectivity index (χ1) is 8.95. The molecule has 19 heavy (non-hydrogen) atoms. The maximum absolute atomic E-state index is 12.0. The minimum Gasteiger partial charge on any atom is -0.395 e. The molecule has 0 aliphatic carbocycles. The smallest absolute Gasteiger partial charge is 0.242 e. The van der Waals surface area contributed by atoms with Crippen LogP contribution >= 0.6 is 0 Å². The predicted octanol–water partition coefficient (Wildman–Crippen LogP) is 0.750. The van der Waals surface area contributed by atoms with Gasteiger partial charge in [-0.3, -0.25) is 4.98 Å². The summed E-state index contributed by atoms with van der Waals surface area (Å²) < 4.78 is 26.5. The van der Waals surface area contributed by atoms with E-state index in [0.717, 1.165) is 0 Å². The second kappa shape index (κ2) is 7.24. The average molecular weight is 282 g/mol. The number of aliphatic hydroxyl groups is 1. The van der Waals surface area contributed by atoms with Crippen LogP contribution in [0.25, 0.3) is 0 Å². The lowest BCUT2D eigenvalue weighted by atomic mass is 10.2. The summed E-state index contributed by atoms with van der Waals surface area (Å²) in [5.74, 6) is 5.71. The van der Waals surface area contributed by atoms with Gasteiger partial charge in [0.05, 0.1) is 6.61 Å². The van der Waals surface area contributed by atoms with Crippen LogP contribution in [0.4, 0.5) is 0 Å². The van der Waals surface area contributed by atoms with Gasteiger partial charge in [-0.25, -0.2) is 13.1 Å². The molecule has 0 saturated heterocycles. The Morgan fingerprint density at radius 2 is 2.16 bits per heavy atom. The van der Waals surface area contributed by atoms with Crippen molar-refractivity contribution in [2.24, 2.45) is 5.92 Å². The number of aromatic nitrogens is 1. The monoisotopic (exact) mass is 282 g/mol. The molecule has 1 rings (SSSR count). The first kappa shape index (κ1) is 15.6. The van der Waals surface area contributed by atoms with Crippen LogP contribution in [0.15, 0.2) is 23.4 Å². The summed E-state index contributed by atoms with van der Waals surface area (Å²) in [5.41, 5.74) is 0.515. The van der Waals surface area contributed by atoms with E-state index in [-0.39, 0.29) is 17.4 Å². The summed E-state index contributed by atoms with van der Waals surface area (Å²) in [5, 5.41) is 8.63. The molecule has 104 valence electrons. The third kappa shape index (κ3) is 5.39. The highest BCUT2D eigenvalue weighted by Gasteiger charge is 2.14. The fourth-order valence-corrected chi connectivity index (χ4v) is 2.42. The number of pyridine rings is 1. The molecule has 0 aromatic carbocycles.